The molecule has 3 nitrogen and oxygen atoms in total. The van der Waals surface area contributed by atoms with Gasteiger partial charge in [0.05, 0.1) is 12.6 Å². The molecule has 0 N–H and O–H groups in total. The number of rotatable bonds is 6. The van der Waals surface area contributed by atoms with Crippen LogP contribution in [0.2, 0.25) is 0 Å². The SMILES string of the molecule is O=C1[C@@H](OCc2ccccc2)[C@@H](c2ccccc2)N1Cc1ccccc1. The Balaban J connectivity index is 1.53. The van der Waals surface area contributed by atoms with Gasteiger partial charge in [0.1, 0.15) is 0 Å². The molecular formula is C23H21NO2. The Morgan fingerprint density at radius 3 is 1.88 bits per heavy atom. The predicted molar refractivity (Wildman–Crippen MR) is 101 cm³/mol. The maximum absolute atomic E-state index is 12.8. The number of ether oxygens (including phenoxy) is 1. The molecule has 1 heterocycles. The minimum Gasteiger partial charge on any atom is -0.361 e. The summed E-state index contributed by atoms with van der Waals surface area (Å²) in [4.78, 5) is 14.7. The molecule has 0 aromatic heterocycles. The smallest absolute Gasteiger partial charge is 0.255 e. The van der Waals surface area contributed by atoms with Gasteiger partial charge in [0.25, 0.3) is 5.91 Å². The van der Waals surface area contributed by atoms with Gasteiger partial charge in [0.2, 0.25) is 0 Å². The van der Waals surface area contributed by atoms with Gasteiger partial charge < -0.3 is 9.64 Å². The molecular weight excluding hydrogens is 322 g/mol. The molecule has 4 rings (SSSR count). The Hall–Kier alpha value is -2.91. The number of hydrogen-bond donors (Lipinski definition) is 0. The van der Waals surface area contributed by atoms with Crippen molar-refractivity contribution in [2.75, 3.05) is 0 Å². The lowest BCUT2D eigenvalue weighted by molar-refractivity contribution is -0.178. The molecule has 1 aliphatic rings. The summed E-state index contributed by atoms with van der Waals surface area (Å²) in [6, 6.07) is 30.1. The van der Waals surface area contributed by atoms with Crippen molar-refractivity contribution in [1.82, 2.24) is 4.90 Å². The molecule has 130 valence electrons. The summed E-state index contributed by atoms with van der Waals surface area (Å²) in [5.74, 6) is 0.0543. The first kappa shape index (κ1) is 16.6. The Morgan fingerprint density at radius 1 is 0.731 bits per heavy atom. The van der Waals surface area contributed by atoms with E-state index in [1.165, 1.54) is 0 Å². The fraction of sp³-hybridized carbons (Fsp3) is 0.174. The topological polar surface area (TPSA) is 29.5 Å². The quantitative estimate of drug-likeness (QED) is 0.623. The van der Waals surface area contributed by atoms with E-state index in [4.69, 9.17) is 4.74 Å². The Labute approximate surface area is 153 Å². The molecule has 0 radical (unpaired) electrons. The largest absolute Gasteiger partial charge is 0.361 e. The van der Waals surface area contributed by atoms with E-state index < -0.39 is 6.10 Å². The number of carbonyl (C=O) groups excluding carboxylic acids is 1. The van der Waals surface area contributed by atoms with Crippen molar-refractivity contribution in [1.29, 1.82) is 0 Å². The van der Waals surface area contributed by atoms with Crippen molar-refractivity contribution in [3.8, 4) is 0 Å². The van der Waals surface area contributed by atoms with Crippen molar-refractivity contribution in [2.45, 2.75) is 25.3 Å². The van der Waals surface area contributed by atoms with Crippen LogP contribution in [-0.2, 0) is 22.7 Å². The summed E-state index contributed by atoms with van der Waals surface area (Å²) in [5.41, 5.74) is 3.32. The van der Waals surface area contributed by atoms with Gasteiger partial charge in [-0.2, -0.15) is 0 Å². The third kappa shape index (κ3) is 3.39. The van der Waals surface area contributed by atoms with E-state index in [9.17, 15) is 4.79 Å². The predicted octanol–water partition coefficient (Wildman–Crippen LogP) is 4.36. The highest BCUT2D eigenvalue weighted by molar-refractivity contribution is 5.89. The number of carbonyl (C=O) groups is 1. The van der Waals surface area contributed by atoms with E-state index in [-0.39, 0.29) is 11.9 Å². The number of likely N-dealkylation sites (tertiary alicyclic amines) is 1. The van der Waals surface area contributed by atoms with Gasteiger partial charge in [-0.25, -0.2) is 0 Å². The monoisotopic (exact) mass is 343 g/mol. The summed E-state index contributed by atoms with van der Waals surface area (Å²) in [7, 11) is 0. The van der Waals surface area contributed by atoms with E-state index in [0.717, 1.165) is 16.7 Å². The first-order chi connectivity index (χ1) is 12.8. The zero-order valence-corrected chi connectivity index (χ0v) is 14.5. The molecule has 1 fully saturated rings. The summed E-state index contributed by atoms with van der Waals surface area (Å²) in [6.45, 7) is 1.05. The van der Waals surface area contributed by atoms with Crippen LogP contribution in [0, 0.1) is 0 Å². The maximum atomic E-state index is 12.8. The zero-order valence-electron chi connectivity index (χ0n) is 14.5. The lowest BCUT2D eigenvalue weighted by Gasteiger charge is -2.47. The molecule has 3 heteroatoms. The van der Waals surface area contributed by atoms with E-state index in [1.807, 2.05) is 83.8 Å². The van der Waals surface area contributed by atoms with E-state index in [2.05, 4.69) is 12.1 Å². The maximum Gasteiger partial charge on any atom is 0.255 e. The van der Waals surface area contributed by atoms with E-state index >= 15 is 0 Å². The second-order valence-electron chi connectivity index (χ2n) is 6.52. The van der Waals surface area contributed by atoms with Gasteiger partial charge in [-0.05, 0) is 16.7 Å². The highest BCUT2D eigenvalue weighted by Crippen LogP contribution is 2.38. The summed E-state index contributed by atoms with van der Waals surface area (Å²) in [6.07, 6.45) is -0.429. The van der Waals surface area contributed by atoms with Crippen LogP contribution in [0.1, 0.15) is 22.7 Å². The van der Waals surface area contributed by atoms with E-state index in [0.29, 0.717) is 13.2 Å². The molecule has 3 aromatic carbocycles. The van der Waals surface area contributed by atoms with Crippen LogP contribution >= 0.6 is 0 Å². The van der Waals surface area contributed by atoms with Crippen LogP contribution in [-0.4, -0.2) is 16.9 Å². The minimum absolute atomic E-state index is 0.0485. The lowest BCUT2D eigenvalue weighted by atomic mass is 9.90. The normalized spacial score (nSPS) is 19.2. The molecule has 0 saturated carbocycles. The second-order valence-corrected chi connectivity index (χ2v) is 6.52. The Morgan fingerprint density at radius 2 is 1.27 bits per heavy atom. The van der Waals surface area contributed by atoms with Crippen LogP contribution < -0.4 is 0 Å². The van der Waals surface area contributed by atoms with Gasteiger partial charge >= 0.3 is 0 Å². The average molecular weight is 343 g/mol. The van der Waals surface area contributed by atoms with Crippen LogP contribution in [0.4, 0.5) is 0 Å². The van der Waals surface area contributed by atoms with Crippen molar-refractivity contribution in [2.24, 2.45) is 0 Å². The molecule has 2 atom stereocenters. The van der Waals surface area contributed by atoms with Gasteiger partial charge in [-0.1, -0.05) is 91.0 Å². The van der Waals surface area contributed by atoms with Gasteiger partial charge in [0, 0.05) is 6.54 Å². The third-order valence-corrected chi connectivity index (χ3v) is 4.76. The number of amides is 1. The van der Waals surface area contributed by atoms with Crippen LogP contribution in [0.3, 0.4) is 0 Å². The fourth-order valence-corrected chi connectivity index (χ4v) is 3.40. The van der Waals surface area contributed by atoms with Crippen LogP contribution in [0.15, 0.2) is 91.0 Å². The highest BCUT2D eigenvalue weighted by Gasteiger charge is 2.48. The first-order valence-corrected chi connectivity index (χ1v) is 8.88. The fourth-order valence-electron chi connectivity index (χ4n) is 3.40. The summed E-state index contributed by atoms with van der Waals surface area (Å²) < 4.78 is 6.02. The number of hydrogen-bond acceptors (Lipinski definition) is 2. The average Bonchev–Trinajstić information content (AvgIpc) is 2.71. The van der Waals surface area contributed by atoms with Crippen LogP contribution in [0.25, 0.3) is 0 Å². The van der Waals surface area contributed by atoms with Crippen molar-refractivity contribution in [3.05, 3.63) is 108 Å². The van der Waals surface area contributed by atoms with Crippen molar-refractivity contribution < 1.29 is 9.53 Å². The van der Waals surface area contributed by atoms with Crippen LogP contribution in [0.5, 0.6) is 0 Å². The van der Waals surface area contributed by atoms with Crippen molar-refractivity contribution >= 4 is 5.91 Å². The van der Waals surface area contributed by atoms with Gasteiger partial charge in [-0.15, -0.1) is 0 Å². The molecule has 0 aliphatic carbocycles. The molecule has 26 heavy (non-hydrogen) atoms. The Bertz CT molecular complexity index is 849. The molecule has 3 aromatic rings. The van der Waals surface area contributed by atoms with Gasteiger partial charge in [-0.3, -0.25) is 4.79 Å². The molecule has 0 spiro atoms. The second kappa shape index (κ2) is 7.54. The molecule has 0 bridgehead atoms. The number of benzene rings is 3. The summed E-state index contributed by atoms with van der Waals surface area (Å²) >= 11 is 0. The zero-order chi connectivity index (χ0) is 17.8. The molecule has 0 unspecified atom stereocenters. The minimum atomic E-state index is -0.429. The third-order valence-electron chi connectivity index (χ3n) is 4.76. The molecule has 1 aliphatic heterocycles. The first-order valence-electron chi connectivity index (χ1n) is 8.88. The summed E-state index contributed by atoms with van der Waals surface area (Å²) in [5, 5.41) is 0. The van der Waals surface area contributed by atoms with E-state index in [1.54, 1.807) is 0 Å². The van der Waals surface area contributed by atoms with Gasteiger partial charge in [0.15, 0.2) is 6.10 Å². The molecule has 1 amide bonds. The Kier molecular flexibility index (Phi) is 4.80. The lowest BCUT2D eigenvalue weighted by Crippen LogP contribution is -2.59. The standard InChI is InChI=1S/C23H21NO2/c25-23-22(26-17-19-12-6-2-7-13-19)21(20-14-8-3-9-15-20)24(23)16-18-10-4-1-5-11-18/h1-15,21-22H,16-17H2/t21-,22+/m1/s1. The van der Waals surface area contributed by atoms with Crippen molar-refractivity contribution in [3.63, 3.8) is 0 Å². The molecule has 1 saturated heterocycles. The number of nitrogens with zero attached hydrogens (tertiary/aromatic N) is 1. The highest BCUT2D eigenvalue weighted by atomic mass is 16.5. The number of β-lactam (4-membered cyclic amide) rings is 1.